The van der Waals surface area contributed by atoms with Crippen LogP contribution in [0.1, 0.15) is 77.8 Å². The van der Waals surface area contributed by atoms with Crippen molar-refractivity contribution in [1.29, 1.82) is 0 Å². The quantitative estimate of drug-likeness (QED) is 0.00693. The fraction of sp³-hybridized carbons (Fsp3) is 0.262. The van der Waals surface area contributed by atoms with Crippen molar-refractivity contribution in [2.75, 3.05) is 71.6 Å². The van der Waals surface area contributed by atoms with Gasteiger partial charge in [0.25, 0.3) is 10.2 Å². The number of nitrogens with one attached hydrogen (secondary N) is 1. The number of alkyl halides is 1. The topological polar surface area (TPSA) is 492 Å². The molecule has 109 heavy (non-hydrogen) atoms. The molecule has 1 fully saturated rings. The molecule has 0 aliphatic carbocycles. The molecule has 1 saturated heterocycles. The average Bonchev–Trinajstić information content (AvgIpc) is 0.978. The number of nitrogens with zero attached hydrogens (tertiary/aromatic N) is 3. The van der Waals surface area contributed by atoms with E-state index >= 15 is 0 Å². The van der Waals surface area contributed by atoms with Gasteiger partial charge in [-0.1, -0.05) is 34.2 Å². The number of carbonyl (C=O) groups is 9. The molecule has 0 bridgehead atoms. The summed E-state index contributed by atoms with van der Waals surface area (Å²) < 4.78 is 158. The van der Waals surface area contributed by atoms with Crippen LogP contribution in [0.3, 0.4) is 0 Å². The molecule has 48 heteroatoms. The van der Waals surface area contributed by atoms with Crippen LogP contribution in [-0.4, -0.2) is 180 Å². The van der Waals surface area contributed by atoms with E-state index in [-0.39, 0.29) is 67.5 Å². The summed E-state index contributed by atoms with van der Waals surface area (Å²) >= 11 is 20.3. The number of rotatable bonds is 15. The highest BCUT2D eigenvalue weighted by molar-refractivity contribution is 14.1. The summed E-state index contributed by atoms with van der Waals surface area (Å²) in [5, 5.41) is 39.2. The van der Waals surface area contributed by atoms with E-state index in [4.69, 9.17) is 47.2 Å². The molecule has 11 N–H and O–H groups in total. The third kappa shape index (κ3) is 40.5. The minimum atomic E-state index is -4.05. The number of likely N-dealkylation sites (N-methyl/N-ethyl adjacent to an activating group) is 1. The summed E-state index contributed by atoms with van der Waals surface area (Å²) in [6.45, 7) is 5.56. The van der Waals surface area contributed by atoms with Crippen LogP contribution in [0.5, 0.6) is 0 Å². The summed E-state index contributed by atoms with van der Waals surface area (Å²) in [6.07, 6.45) is 1.78. The minimum absolute atomic E-state index is 0.0243. The Morgan fingerprint density at radius 2 is 1.09 bits per heavy atom. The van der Waals surface area contributed by atoms with E-state index in [1.807, 2.05) is 36.1 Å². The van der Waals surface area contributed by atoms with Crippen LogP contribution in [0.15, 0.2) is 125 Å². The lowest BCUT2D eigenvalue weighted by Gasteiger charge is -2.22. The summed E-state index contributed by atoms with van der Waals surface area (Å²) in [7, 11) is -8.39. The molecule has 30 nitrogen and oxygen atoms in total. The van der Waals surface area contributed by atoms with Crippen LogP contribution < -0.4 is 20.7 Å². The summed E-state index contributed by atoms with van der Waals surface area (Å²) in [4.78, 5) is 102. The number of allylic oxidation sites excluding steroid dienone is 2. The molecule has 3 aliphatic heterocycles. The van der Waals surface area contributed by atoms with Crippen molar-refractivity contribution in [3.63, 3.8) is 0 Å². The number of anilines is 1. The van der Waals surface area contributed by atoms with Crippen molar-refractivity contribution >= 4 is 240 Å². The zero-order valence-corrected chi connectivity index (χ0v) is 70.9. The summed E-state index contributed by atoms with van der Waals surface area (Å²) in [5.74, 6) is -6.42. The van der Waals surface area contributed by atoms with Gasteiger partial charge in [-0.3, -0.25) is 42.6 Å². The first-order valence-corrected chi connectivity index (χ1v) is 42.3. The lowest BCUT2D eigenvalue weighted by molar-refractivity contribution is -0.151. The van der Waals surface area contributed by atoms with Gasteiger partial charge < -0.3 is 45.1 Å². The summed E-state index contributed by atoms with van der Waals surface area (Å²) in [6, 6.07) is 22.1. The molecule has 3 aliphatic rings. The van der Waals surface area contributed by atoms with Crippen molar-refractivity contribution < 1.29 is 130 Å². The Labute approximate surface area is 680 Å². The van der Waals surface area contributed by atoms with Crippen LogP contribution >= 0.6 is 134 Å². The smallest absolute Gasteiger partial charge is 0.374 e. The first-order valence-electron chi connectivity index (χ1n) is 28.8. The van der Waals surface area contributed by atoms with Crippen LogP contribution in [0.4, 0.5) is 27.6 Å². The van der Waals surface area contributed by atoms with Crippen LogP contribution in [-0.2, 0) is 84.1 Å². The number of thiophene rings is 6. The Morgan fingerprint density at radius 3 is 1.45 bits per heavy atom. The molecule has 0 saturated carbocycles. The second-order valence-electron chi connectivity index (χ2n) is 19.4. The van der Waals surface area contributed by atoms with E-state index in [0.29, 0.717) is 44.3 Å². The third-order valence-corrected chi connectivity index (χ3v) is 21.0. The molecule has 6 aromatic heterocycles. The van der Waals surface area contributed by atoms with E-state index in [9.17, 15) is 90.4 Å². The number of ether oxygens (including phenoxy) is 4. The molecule has 9 heterocycles. The van der Waals surface area contributed by atoms with Gasteiger partial charge in [0.2, 0.25) is 28.9 Å². The number of halogens is 9. The summed E-state index contributed by atoms with van der Waals surface area (Å²) in [5.41, 5.74) is 5.18. The number of benzene rings is 1. The van der Waals surface area contributed by atoms with Crippen molar-refractivity contribution in [1.82, 2.24) is 9.03 Å². The molecule has 0 unspecified atom stereocenters. The van der Waals surface area contributed by atoms with Crippen molar-refractivity contribution in [2.45, 2.75) is 39.9 Å². The highest BCUT2D eigenvalue weighted by Gasteiger charge is 2.35. The van der Waals surface area contributed by atoms with Gasteiger partial charge >= 0.3 is 32.4 Å². The molecular formula is C61H66Br2ClF5IN7O23S9. The standard InChI is InChI=1S/C10H9FN2O4S2.C9H7FN2O4S2.C9H7FO4S.C8H9BrO2S.C6H5BrOS.C6H5ClFN.C6H5FOS.C4H6O3.C2H6O2.CH3I.H4N2O2S/c1-13-7(8(15)5-14)4-6(12-19(13,16)17)9-2-3-10(11)18-9;10-9-2-1-8(17-9)6-3-5(7(14)4-13)11-18(15,16)12-6;1-14-9(13)6(12)4-5(11)7-2-3-8(10)15-7;1-8(10-4-5-11-8)6-2-3-7(9)12-6;1-4(8)5-2-3-6(7)9-5;7-5-3-4(9)1-2-6(5)8;1-4(8)5-2-3-6(7)9-5;1-3(5)4(6)7-2;3-1-2-4;1-2;1-5(2,3)4/h2-4,14H,5H2,1H3;1-3,12-13H,4H2;2-3H,4H2,1H3;2-3H,4-5H2,1H3;2-3H,1H3;1-3H,9H2;2-3H,1H3;1-2H3;3-4H,1-2H2;1H3;(H4,1,2,3,4). The van der Waals surface area contributed by atoms with Crippen molar-refractivity contribution in [3.05, 3.63) is 177 Å². The Kier molecular flexibility index (Phi) is 48.1. The molecule has 0 radical (unpaired) electrons. The number of esters is 2. The van der Waals surface area contributed by atoms with Gasteiger partial charge in [-0.05, 0) is 161 Å². The molecule has 0 spiro atoms. The van der Waals surface area contributed by atoms with E-state index < -0.39 is 118 Å². The fourth-order valence-corrected chi connectivity index (χ4v) is 14.1. The van der Waals surface area contributed by atoms with Gasteiger partial charge in [-0.2, -0.15) is 42.8 Å². The number of nitrogen functional groups attached to an aromatic ring is 1. The zero-order chi connectivity index (χ0) is 83.9. The Balaban J connectivity index is 0.00000122. The second-order valence-corrected chi connectivity index (χ2v) is 33.0. The second kappa shape index (κ2) is 51.1. The lowest BCUT2D eigenvalue weighted by Crippen LogP contribution is -2.34. The molecule has 7 aromatic rings. The number of aliphatic hydroxyl groups excluding tert-OH is 4. The monoisotopic (exact) mass is 1970 g/mol. The predicted molar refractivity (Wildman–Crippen MR) is 419 cm³/mol. The Bertz CT molecular complexity index is 4680. The van der Waals surface area contributed by atoms with Crippen LogP contribution in [0.2, 0.25) is 5.02 Å². The molecule has 600 valence electrons. The van der Waals surface area contributed by atoms with E-state index in [0.717, 1.165) is 84.6 Å². The van der Waals surface area contributed by atoms with Gasteiger partial charge in [-0.25, -0.2) is 24.3 Å². The Morgan fingerprint density at radius 1 is 0.642 bits per heavy atom. The first-order chi connectivity index (χ1) is 50.7. The van der Waals surface area contributed by atoms with E-state index in [2.05, 4.69) is 87.7 Å². The van der Waals surface area contributed by atoms with Gasteiger partial charge in [0.05, 0.1) is 100 Å². The van der Waals surface area contributed by atoms with Crippen LogP contribution in [0, 0.1) is 26.3 Å². The maximum absolute atomic E-state index is 12.9. The molecule has 0 amide bonds. The molecule has 0 atom stereocenters. The van der Waals surface area contributed by atoms with Gasteiger partial charge in [0, 0.05) is 19.7 Å². The first kappa shape index (κ1) is 102. The number of Topliss-reactive ketones (excluding diaryl/α,β-unsaturated/α-hetero) is 7. The number of ketones is 7. The maximum atomic E-state index is 12.9. The van der Waals surface area contributed by atoms with Crippen molar-refractivity contribution in [2.24, 2.45) is 19.1 Å². The van der Waals surface area contributed by atoms with Gasteiger partial charge in [-0.15, -0.1) is 76.8 Å². The average molecular weight is 1970 g/mol. The van der Waals surface area contributed by atoms with Crippen LogP contribution in [0.25, 0.3) is 5.70 Å². The highest BCUT2D eigenvalue weighted by atomic mass is 127. The lowest BCUT2D eigenvalue weighted by atomic mass is 10.2. The number of carbonyl (C=O) groups excluding carboxylic acids is 9. The fourth-order valence-electron chi connectivity index (χ4n) is 6.50. The molecule has 10 rings (SSSR count). The highest BCUT2D eigenvalue weighted by Crippen LogP contribution is 2.37. The Hall–Kier alpha value is -6.57. The number of nitrogens with two attached hydrogens (primary N) is 3. The van der Waals surface area contributed by atoms with Gasteiger partial charge in [0.15, 0.2) is 37.9 Å². The third-order valence-electron chi connectivity index (χ3n) is 11.2. The zero-order valence-electron chi connectivity index (χ0n) is 57.5. The number of aliphatic hydroxyl groups is 4. The maximum Gasteiger partial charge on any atom is 0.374 e. The predicted octanol–water partition coefficient (Wildman–Crippen LogP) is 9.11. The van der Waals surface area contributed by atoms with E-state index in [1.165, 1.54) is 92.1 Å². The van der Waals surface area contributed by atoms with Gasteiger partial charge in [0.1, 0.15) is 30.4 Å². The van der Waals surface area contributed by atoms with Crippen molar-refractivity contribution in [3.8, 4) is 0 Å². The SMILES string of the molecule is CC(=O)c1ccc(Br)s1.CC(=O)c1ccc(F)s1.CC1(c2ccc(Br)s2)OCCO1.CI.CN1C(C(=O)CO)=CC(c2ccc(F)s2)=NS1(=O)=O.COC(=O)C(=O)CC(=O)c1ccc(F)s1.COC(=O)C(C)=O.NS(N)(=O)=O.Nc1ccc(F)c(Cl)c1.O=C(CO)C1=NS(=O)(=O)NC(c2ccc(F)s2)=C1.OCCO. The number of hydrogen-bond donors (Lipinski definition) is 8. The normalized spacial score (nSPS) is 13.5. The minimum Gasteiger partial charge on any atom is -0.463 e. The number of methoxy groups -OCH3 is 2. The largest absolute Gasteiger partial charge is 0.463 e. The van der Waals surface area contributed by atoms with E-state index in [1.54, 1.807) is 18.3 Å². The molecule has 1 aromatic carbocycles. The molecular weight excluding hydrogens is 1900 g/mol. The number of hydrogen-bond acceptors (Lipinski definition) is 30.